The molecule has 0 aliphatic carbocycles. The van der Waals surface area contributed by atoms with E-state index in [1.807, 2.05) is 0 Å². The fourth-order valence-electron chi connectivity index (χ4n) is 1.14. The summed E-state index contributed by atoms with van der Waals surface area (Å²) >= 11 is 0.00557. The van der Waals surface area contributed by atoms with Gasteiger partial charge < -0.3 is 0 Å². The fourth-order valence-corrected chi connectivity index (χ4v) is 1.80. The highest BCUT2D eigenvalue weighted by Gasteiger charge is 2.31. The Hall–Kier alpha value is -0.470. The lowest BCUT2D eigenvalue weighted by Gasteiger charge is -2.15. The van der Waals surface area contributed by atoms with Gasteiger partial charge in [-0.15, -0.1) is 0 Å². The van der Waals surface area contributed by atoms with Crippen molar-refractivity contribution in [2.24, 2.45) is 0 Å². The highest BCUT2D eigenvalue weighted by molar-refractivity contribution is 7.92. The summed E-state index contributed by atoms with van der Waals surface area (Å²) in [4.78, 5) is 0. The maximum atomic E-state index is 5.88. The van der Waals surface area contributed by atoms with Crippen molar-refractivity contribution in [1.82, 2.24) is 0 Å². The van der Waals surface area contributed by atoms with E-state index in [1.54, 1.807) is 0 Å². The van der Waals surface area contributed by atoms with Gasteiger partial charge in [0, 0.05) is 0 Å². The Morgan fingerprint density at radius 1 is 1.27 bits per heavy atom. The molecule has 84 valence electrons. The van der Waals surface area contributed by atoms with Gasteiger partial charge in [-0.25, -0.2) is 0 Å². The second-order valence-electron chi connectivity index (χ2n) is 4.82. The van der Waals surface area contributed by atoms with Gasteiger partial charge in [0.05, 0.1) is 0 Å². The molecule has 1 aromatic rings. The highest BCUT2D eigenvalue weighted by atomic mass is 32.2. The van der Waals surface area contributed by atoms with E-state index >= 15 is 0 Å². The summed E-state index contributed by atoms with van der Waals surface area (Å²) in [5.74, 6) is 0. The molecule has 15 heavy (non-hydrogen) atoms. The van der Waals surface area contributed by atoms with Crippen LogP contribution < -0.4 is 0 Å². The summed E-state index contributed by atoms with van der Waals surface area (Å²) in [6.45, 7) is 9.47. The van der Waals surface area contributed by atoms with Crippen LogP contribution in [0.15, 0.2) is 24.3 Å². The number of hydrogen-bond acceptors (Lipinski definition) is 1. The third-order valence-electron chi connectivity index (χ3n) is 2.35. The molecule has 0 fully saturated rings. The van der Waals surface area contributed by atoms with Crippen molar-refractivity contribution in [3.8, 4) is 0 Å². The van der Waals surface area contributed by atoms with E-state index < -0.39 is 0 Å². The van der Waals surface area contributed by atoms with Gasteiger partial charge in [-0.3, -0.25) is 0 Å². The van der Waals surface area contributed by atoms with Crippen molar-refractivity contribution in [2.45, 2.75) is 39.0 Å². The first-order chi connectivity index (χ1) is 6.89. The van der Waals surface area contributed by atoms with Crippen LogP contribution in [0.25, 0.3) is 0 Å². The Balaban J connectivity index is 2.51. The highest BCUT2D eigenvalue weighted by Crippen LogP contribution is 2.19. The minimum absolute atomic E-state index is 0.00557. The lowest BCUT2D eigenvalue weighted by atomic mass is 10.1. The zero-order valence-electron chi connectivity index (χ0n) is 10.3. The normalized spacial score (nSPS) is 13.9. The van der Waals surface area contributed by atoms with Crippen LogP contribution in [0.2, 0.25) is 0 Å². The molecule has 0 aliphatic rings. The maximum absolute atomic E-state index is 5.88. The van der Waals surface area contributed by atoms with Gasteiger partial charge in [-0.2, -0.15) is 4.18 Å². The lowest BCUT2D eigenvalue weighted by Crippen LogP contribution is -2.28. The average molecular weight is 225 g/mol. The van der Waals surface area contributed by atoms with Gasteiger partial charge >= 0.3 is 0 Å². The molecule has 0 amide bonds. The Morgan fingerprint density at radius 3 is 2.47 bits per heavy atom. The fraction of sp³-hybridized carbons (Fsp3) is 0.538. The van der Waals surface area contributed by atoms with Crippen LogP contribution in [-0.2, 0) is 22.0 Å². The van der Waals surface area contributed by atoms with Crippen LogP contribution in [0, 0.1) is 6.92 Å². The Labute approximate surface area is 96.4 Å². The van der Waals surface area contributed by atoms with Crippen molar-refractivity contribution in [3.63, 3.8) is 0 Å². The Kier molecular flexibility index (Phi) is 4.23. The molecule has 1 atom stereocenters. The molecule has 0 aromatic heterocycles. The van der Waals surface area contributed by atoms with Gasteiger partial charge in [0.25, 0.3) is 0 Å². The summed E-state index contributed by atoms with van der Waals surface area (Å²) in [6.07, 6.45) is 2.16. The maximum Gasteiger partial charge on any atom is 0.152 e. The first-order valence-electron chi connectivity index (χ1n) is 5.24. The van der Waals surface area contributed by atoms with E-state index in [4.69, 9.17) is 4.18 Å². The molecule has 1 rings (SSSR count). The summed E-state index contributed by atoms with van der Waals surface area (Å²) in [5, 5.41) is 0. The molecule has 0 saturated heterocycles. The predicted molar refractivity (Wildman–Crippen MR) is 69.0 cm³/mol. The van der Waals surface area contributed by atoms with Gasteiger partial charge in [0.15, 0.2) is 4.75 Å². The van der Waals surface area contributed by atoms with Gasteiger partial charge in [0.2, 0.25) is 0 Å². The molecule has 0 spiro atoms. The largest absolute Gasteiger partial charge is 0.169 e. The third kappa shape index (κ3) is 4.27. The minimum Gasteiger partial charge on any atom is -0.169 e. The summed E-state index contributed by atoms with van der Waals surface area (Å²) in [6, 6.07) is 8.49. The Morgan fingerprint density at radius 2 is 1.93 bits per heavy atom. The van der Waals surface area contributed by atoms with Crippen LogP contribution in [0.3, 0.4) is 0 Å². The SMILES string of the molecule is Cc1cccc(CO[S+](C)C(C)(C)C)c1. The monoisotopic (exact) mass is 225 g/mol. The molecule has 0 saturated carbocycles. The summed E-state index contributed by atoms with van der Waals surface area (Å²) in [5.41, 5.74) is 2.56. The number of aryl methyl sites for hydroxylation is 1. The van der Waals surface area contributed by atoms with Gasteiger partial charge in [-0.1, -0.05) is 29.8 Å². The Bertz CT molecular complexity index is 315. The zero-order valence-corrected chi connectivity index (χ0v) is 11.1. The smallest absolute Gasteiger partial charge is 0.152 e. The molecular weight excluding hydrogens is 204 g/mol. The summed E-state index contributed by atoms with van der Waals surface area (Å²) in [7, 11) is 0. The average Bonchev–Trinajstić information content (AvgIpc) is 2.12. The lowest BCUT2D eigenvalue weighted by molar-refractivity contribution is 0.343. The molecule has 0 aliphatic heterocycles. The molecule has 0 heterocycles. The van der Waals surface area contributed by atoms with Crippen LogP contribution in [0.4, 0.5) is 0 Å². The first kappa shape index (κ1) is 12.6. The summed E-state index contributed by atoms with van der Waals surface area (Å²) < 4.78 is 6.12. The van der Waals surface area contributed by atoms with E-state index in [9.17, 15) is 0 Å². The van der Waals surface area contributed by atoms with Crippen LogP contribution in [-0.4, -0.2) is 11.0 Å². The van der Waals surface area contributed by atoms with Crippen molar-refractivity contribution in [2.75, 3.05) is 6.26 Å². The minimum atomic E-state index is 0.00557. The van der Waals surface area contributed by atoms with Crippen molar-refractivity contribution >= 4 is 11.2 Å². The third-order valence-corrected chi connectivity index (χ3v) is 4.54. The van der Waals surface area contributed by atoms with E-state index in [1.165, 1.54) is 11.1 Å². The zero-order chi connectivity index (χ0) is 11.5. The standard InChI is InChI=1S/C13H21OS/c1-11-7-6-8-12(9-11)10-14-15(5)13(2,3)4/h6-9H,10H2,1-5H3/q+1. The second-order valence-corrected chi connectivity index (χ2v) is 7.19. The van der Waals surface area contributed by atoms with Crippen molar-refractivity contribution in [3.05, 3.63) is 35.4 Å². The van der Waals surface area contributed by atoms with Crippen molar-refractivity contribution < 1.29 is 4.18 Å². The molecule has 0 N–H and O–H groups in total. The molecule has 1 nitrogen and oxygen atoms in total. The number of rotatable bonds is 3. The number of hydrogen-bond donors (Lipinski definition) is 0. The van der Waals surface area contributed by atoms with Gasteiger partial charge in [0.1, 0.15) is 24.0 Å². The first-order valence-corrected chi connectivity index (χ1v) is 6.80. The van der Waals surface area contributed by atoms with Crippen LogP contribution in [0.5, 0.6) is 0 Å². The molecule has 1 unspecified atom stereocenters. The predicted octanol–water partition coefficient (Wildman–Crippen LogP) is 3.47. The van der Waals surface area contributed by atoms with E-state index in [2.05, 4.69) is 58.2 Å². The quantitative estimate of drug-likeness (QED) is 0.716. The molecule has 0 radical (unpaired) electrons. The van der Waals surface area contributed by atoms with Crippen LogP contribution >= 0.6 is 0 Å². The molecule has 0 bridgehead atoms. The van der Waals surface area contributed by atoms with Crippen LogP contribution in [0.1, 0.15) is 31.9 Å². The molecule has 1 aromatic carbocycles. The van der Waals surface area contributed by atoms with E-state index in [0.717, 1.165) is 6.61 Å². The second kappa shape index (κ2) is 5.04. The van der Waals surface area contributed by atoms with E-state index in [0.29, 0.717) is 0 Å². The number of benzene rings is 1. The van der Waals surface area contributed by atoms with E-state index in [-0.39, 0.29) is 15.9 Å². The topological polar surface area (TPSA) is 9.23 Å². The van der Waals surface area contributed by atoms with Gasteiger partial charge in [-0.05, 0) is 33.3 Å². The molecular formula is C13H21OS+. The molecule has 2 heteroatoms. The van der Waals surface area contributed by atoms with Crippen molar-refractivity contribution in [1.29, 1.82) is 0 Å².